The number of benzene rings is 1. The van der Waals surface area contributed by atoms with Crippen LogP contribution < -0.4 is 9.80 Å². The number of para-hydroxylation sites is 2. The Labute approximate surface area is 121 Å². The van der Waals surface area contributed by atoms with Crippen LogP contribution in [0, 0.1) is 11.8 Å². The maximum Gasteiger partial charge on any atom is 0.230 e. The van der Waals surface area contributed by atoms with Crippen LogP contribution in [0.25, 0.3) is 0 Å². The minimum absolute atomic E-state index is 0.0792. The Kier molecular flexibility index (Phi) is 3.45. The van der Waals surface area contributed by atoms with E-state index in [1.807, 2.05) is 17.9 Å². The topological polar surface area (TPSA) is 23.6 Å². The van der Waals surface area contributed by atoms with E-state index < -0.39 is 0 Å². The summed E-state index contributed by atoms with van der Waals surface area (Å²) in [5.74, 6) is 0.731. The molecule has 3 rings (SSSR count). The second-order valence-corrected chi connectivity index (χ2v) is 6.44. The average Bonchev–Trinajstić information content (AvgIpc) is 3.29. The Morgan fingerprint density at radius 3 is 2.35 bits per heavy atom. The zero-order chi connectivity index (χ0) is 14.3. The Hall–Kier alpha value is -1.51. The number of anilines is 2. The summed E-state index contributed by atoms with van der Waals surface area (Å²) in [6, 6.07) is 9.07. The smallest absolute Gasteiger partial charge is 0.230 e. The lowest BCUT2D eigenvalue weighted by atomic mass is 9.96. The minimum atomic E-state index is 0.0792. The molecule has 0 aromatic heterocycles. The van der Waals surface area contributed by atoms with Crippen molar-refractivity contribution in [2.75, 3.05) is 22.9 Å². The van der Waals surface area contributed by atoms with Gasteiger partial charge in [-0.15, -0.1) is 0 Å². The van der Waals surface area contributed by atoms with Crippen LogP contribution in [0.5, 0.6) is 0 Å². The van der Waals surface area contributed by atoms with Crippen LogP contribution in [0.1, 0.15) is 33.6 Å². The van der Waals surface area contributed by atoms with Crippen LogP contribution in [-0.4, -0.2) is 25.0 Å². The molecular weight excluding hydrogens is 248 g/mol. The van der Waals surface area contributed by atoms with Crippen LogP contribution in [0.4, 0.5) is 11.4 Å². The molecule has 3 nitrogen and oxygen atoms in total. The van der Waals surface area contributed by atoms with Crippen molar-refractivity contribution < 1.29 is 4.79 Å². The molecule has 1 atom stereocenters. The number of carbonyl (C=O) groups is 1. The van der Waals surface area contributed by atoms with Crippen molar-refractivity contribution in [2.24, 2.45) is 11.8 Å². The standard InChI is InChI=1S/C17H24N2O/c1-12(2)13(3)17(20)19-11-10-18(14-8-9-14)15-6-4-5-7-16(15)19/h4-7,12-14H,8-11H2,1-3H3. The van der Waals surface area contributed by atoms with E-state index in [9.17, 15) is 4.79 Å². The first kappa shape index (κ1) is 13.5. The molecular formula is C17H24N2O. The van der Waals surface area contributed by atoms with Gasteiger partial charge >= 0.3 is 0 Å². The first-order chi connectivity index (χ1) is 9.59. The maximum absolute atomic E-state index is 12.7. The highest BCUT2D eigenvalue weighted by Crippen LogP contribution is 2.40. The summed E-state index contributed by atoms with van der Waals surface area (Å²) in [7, 11) is 0. The van der Waals surface area contributed by atoms with E-state index in [2.05, 4.69) is 36.9 Å². The van der Waals surface area contributed by atoms with Gasteiger partial charge in [0.05, 0.1) is 11.4 Å². The molecule has 20 heavy (non-hydrogen) atoms. The molecule has 1 unspecified atom stereocenters. The third-order valence-electron chi connectivity index (χ3n) is 4.69. The number of hydrogen-bond donors (Lipinski definition) is 0. The molecule has 1 aromatic rings. The number of nitrogens with zero attached hydrogens (tertiary/aromatic N) is 2. The van der Waals surface area contributed by atoms with Gasteiger partial charge in [0, 0.05) is 25.0 Å². The molecule has 0 saturated heterocycles. The van der Waals surface area contributed by atoms with E-state index in [4.69, 9.17) is 0 Å². The van der Waals surface area contributed by atoms with Crippen LogP contribution in [0.3, 0.4) is 0 Å². The van der Waals surface area contributed by atoms with E-state index in [0.717, 1.165) is 18.8 Å². The van der Waals surface area contributed by atoms with Crippen LogP contribution in [-0.2, 0) is 4.79 Å². The van der Waals surface area contributed by atoms with Crippen molar-refractivity contribution in [2.45, 2.75) is 39.7 Å². The van der Waals surface area contributed by atoms with Crippen molar-refractivity contribution in [3.63, 3.8) is 0 Å². The van der Waals surface area contributed by atoms with Gasteiger partial charge < -0.3 is 9.80 Å². The summed E-state index contributed by atoms with van der Waals surface area (Å²) < 4.78 is 0. The van der Waals surface area contributed by atoms with Gasteiger partial charge in [0.2, 0.25) is 5.91 Å². The summed E-state index contributed by atoms with van der Waals surface area (Å²) in [4.78, 5) is 17.2. The normalized spacial score (nSPS) is 20.0. The van der Waals surface area contributed by atoms with Gasteiger partial charge in [-0.1, -0.05) is 32.9 Å². The zero-order valence-electron chi connectivity index (χ0n) is 12.7. The second kappa shape index (κ2) is 5.12. The molecule has 108 valence electrons. The molecule has 1 aliphatic carbocycles. The van der Waals surface area contributed by atoms with E-state index in [1.54, 1.807) is 0 Å². The van der Waals surface area contributed by atoms with Crippen molar-refractivity contribution >= 4 is 17.3 Å². The van der Waals surface area contributed by atoms with Crippen molar-refractivity contribution in [3.8, 4) is 0 Å². The van der Waals surface area contributed by atoms with Gasteiger partial charge in [-0.05, 0) is 30.9 Å². The average molecular weight is 272 g/mol. The zero-order valence-corrected chi connectivity index (χ0v) is 12.7. The quantitative estimate of drug-likeness (QED) is 0.843. The van der Waals surface area contributed by atoms with Crippen LogP contribution in [0.15, 0.2) is 24.3 Å². The van der Waals surface area contributed by atoms with Gasteiger partial charge in [-0.3, -0.25) is 4.79 Å². The van der Waals surface area contributed by atoms with E-state index in [1.165, 1.54) is 18.5 Å². The Morgan fingerprint density at radius 2 is 1.75 bits per heavy atom. The first-order valence-corrected chi connectivity index (χ1v) is 7.76. The second-order valence-electron chi connectivity index (χ2n) is 6.44. The fraction of sp³-hybridized carbons (Fsp3) is 0.588. The van der Waals surface area contributed by atoms with Crippen molar-refractivity contribution in [1.29, 1.82) is 0 Å². The lowest BCUT2D eigenvalue weighted by Gasteiger charge is -2.39. The van der Waals surface area contributed by atoms with Gasteiger partial charge in [0.25, 0.3) is 0 Å². The van der Waals surface area contributed by atoms with Gasteiger partial charge in [0.15, 0.2) is 0 Å². The summed E-state index contributed by atoms with van der Waals surface area (Å²) in [6.07, 6.45) is 2.59. The molecule has 0 spiro atoms. The molecule has 1 heterocycles. The van der Waals surface area contributed by atoms with E-state index in [-0.39, 0.29) is 11.8 Å². The predicted octanol–water partition coefficient (Wildman–Crippen LogP) is 3.29. The molecule has 1 saturated carbocycles. The number of amides is 1. The molecule has 3 heteroatoms. The molecule has 0 bridgehead atoms. The number of fused-ring (bicyclic) bond motifs is 1. The Morgan fingerprint density at radius 1 is 1.10 bits per heavy atom. The first-order valence-electron chi connectivity index (χ1n) is 7.76. The predicted molar refractivity (Wildman–Crippen MR) is 83.2 cm³/mol. The lowest BCUT2D eigenvalue weighted by Crippen LogP contribution is -2.47. The monoisotopic (exact) mass is 272 g/mol. The van der Waals surface area contributed by atoms with Gasteiger partial charge in [-0.25, -0.2) is 0 Å². The SMILES string of the molecule is CC(C)C(C)C(=O)N1CCN(C2CC2)c2ccccc21. The van der Waals surface area contributed by atoms with E-state index >= 15 is 0 Å². The Balaban J connectivity index is 1.90. The molecule has 1 aliphatic heterocycles. The summed E-state index contributed by atoms with van der Waals surface area (Å²) >= 11 is 0. The van der Waals surface area contributed by atoms with Crippen molar-refractivity contribution in [1.82, 2.24) is 0 Å². The Bertz CT molecular complexity index is 507. The molecule has 0 N–H and O–H groups in total. The van der Waals surface area contributed by atoms with Crippen LogP contribution in [0.2, 0.25) is 0 Å². The number of carbonyl (C=O) groups excluding carboxylic acids is 1. The number of hydrogen-bond acceptors (Lipinski definition) is 2. The third kappa shape index (κ3) is 2.30. The minimum Gasteiger partial charge on any atom is -0.365 e. The van der Waals surface area contributed by atoms with Crippen molar-refractivity contribution in [3.05, 3.63) is 24.3 Å². The summed E-state index contributed by atoms with van der Waals surface area (Å²) in [6.45, 7) is 8.08. The lowest BCUT2D eigenvalue weighted by molar-refractivity contribution is -0.123. The highest BCUT2D eigenvalue weighted by Gasteiger charge is 2.36. The summed E-state index contributed by atoms with van der Waals surface area (Å²) in [5.41, 5.74) is 2.34. The summed E-state index contributed by atoms with van der Waals surface area (Å²) in [5, 5.41) is 0. The van der Waals surface area contributed by atoms with E-state index in [0.29, 0.717) is 12.0 Å². The van der Waals surface area contributed by atoms with Crippen LogP contribution >= 0.6 is 0 Å². The van der Waals surface area contributed by atoms with Gasteiger partial charge in [-0.2, -0.15) is 0 Å². The molecule has 2 aliphatic rings. The molecule has 0 radical (unpaired) electrons. The fourth-order valence-corrected chi connectivity index (χ4v) is 2.91. The maximum atomic E-state index is 12.7. The largest absolute Gasteiger partial charge is 0.365 e. The number of rotatable bonds is 3. The van der Waals surface area contributed by atoms with Gasteiger partial charge in [0.1, 0.15) is 0 Å². The molecule has 1 amide bonds. The third-order valence-corrected chi connectivity index (χ3v) is 4.69. The fourth-order valence-electron chi connectivity index (χ4n) is 2.91. The molecule has 1 fully saturated rings. The highest BCUT2D eigenvalue weighted by molar-refractivity contribution is 5.99. The molecule has 1 aromatic carbocycles. The highest BCUT2D eigenvalue weighted by atomic mass is 16.2.